The molecule has 4 rings (SSSR count). The molecule has 2 heterocycles. The van der Waals surface area contributed by atoms with E-state index in [0.717, 1.165) is 19.3 Å². The summed E-state index contributed by atoms with van der Waals surface area (Å²) in [5, 5.41) is 21.3. The third kappa shape index (κ3) is 1.29. The first-order valence-corrected chi connectivity index (χ1v) is 7.30. The van der Waals surface area contributed by atoms with E-state index in [1.165, 1.54) is 5.57 Å². The van der Waals surface area contributed by atoms with Crippen LogP contribution < -0.4 is 0 Å². The van der Waals surface area contributed by atoms with Crippen molar-refractivity contribution in [2.75, 3.05) is 6.61 Å². The van der Waals surface area contributed by atoms with Crippen molar-refractivity contribution in [3.63, 3.8) is 0 Å². The Kier molecular flexibility index (Phi) is 2.34. The number of rotatable bonds is 0. The van der Waals surface area contributed by atoms with Gasteiger partial charge in [-0.25, -0.2) is 0 Å². The first kappa shape index (κ1) is 12.3. The van der Waals surface area contributed by atoms with Gasteiger partial charge in [-0.2, -0.15) is 0 Å². The van der Waals surface area contributed by atoms with Crippen LogP contribution in [0.3, 0.4) is 0 Å². The molecular weight excluding hydrogens is 244 g/mol. The lowest BCUT2D eigenvalue weighted by atomic mass is 9.47. The van der Waals surface area contributed by atoms with E-state index in [-0.39, 0.29) is 23.5 Å². The van der Waals surface area contributed by atoms with Gasteiger partial charge in [-0.1, -0.05) is 19.9 Å². The third-order valence-corrected chi connectivity index (χ3v) is 6.12. The lowest BCUT2D eigenvalue weighted by Crippen LogP contribution is -2.60. The smallest absolute Gasteiger partial charge is 0.168 e. The zero-order valence-corrected chi connectivity index (χ0v) is 11.5. The van der Waals surface area contributed by atoms with Gasteiger partial charge in [-0.15, -0.1) is 0 Å². The average Bonchev–Trinajstić information content (AvgIpc) is 2.89. The quantitative estimate of drug-likeness (QED) is 0.651. The second kappa shape index (κ2) is 3.61. The number of ether oxygens (including phenoxy) is 2. The molecule has 0 unspecified atom stereocenters. The van der Waals surface area contributed by atoms with Crippen LogP contribution in [0.2, 0.25) is 0 Å². The lowest BCUT2D eigenvalue weighted by Gasteiger charge is -2.57. The number of aliphatic hydroxyl groups is 2. The predicted molar refractivity (Wildman–Crippen MR) is 68.0 cm³/mol. The molecule has 2 N–H and O–H groups in total. The van der Waals surface area contributed by atoms with E-state index in [2.05, 4.69) is 19.9 Å². The summed E-state index contributed by atoms with van der Waals surface area (Å²) >= 11 is 0. The first-order valence-electron chi connectivity index (χ1n) is 7.30. The van der Waals surface area contributed by atoms with E-state index in [0.29, 0.717) is 6.61 Å². The minimum absolute atomic E-state index is 0.0378. The standard InChI is InChI=1S/C15H22O4/c1-14(2)6-5-10(16)15-9(14)4-3-8-7-18-12(11(8)15)19-13(15)17/h3,9-13,16-17H,4-7H2,1-2H3/t9-,10-,11+,12+,13+,15-/m0/s1. The zero-order chi connectivity index (χ0) is 13.4. The summed E-state index contributed by atoms with van der Waals surface area (Å²) in [6, 6.07) is 0. The van der Waals surface area contributed by atoms with Crippen molar-refractivity contribution in [1.82, 2.24) is 0 Å². The number of aliphatic hydroxyl groups excluding tert-OH is 2. The van der Waals surface area contributed by atoms with Crippen LogP contribution in [0.1, 0.15) is 33.1 Å². The second-order valence-electron chi connectivity index (χ2n) is 7.26. The Labute approximate surface area is 113 Å². The minimum Gasteiger partial charge on any atom is -0.392 e. The van der Waals surface area contributed by atoms with Crippen LogP contribution in [0.15, 0.2) is 11.6 Å². The van der Waals surface area contributed by atoms with Crippen molar-refractivity contribution in [3.05, 3.63) is 11.6 Å². The lowest BCUT2D eigenvalue weighted by molar-refractivity contribution is -0.238. The Morgan fingerprint density at radius 3 is 2.89 bits per heavy atom. The maximum Gasteiger partial charge on any atom is 0.168 e. The van der Waals surface area contributed by atoms with Crippen molar-refractivity contribution in [3.8, 4) is 0 Å². The molecule has 2 aliphatic carbocycles. The van der Waals surface area contributed by atoms with E-state index in [9.17, 15) is 10.2 Å². The fourth-order valence-corrected chi connectivity index (χ4v) is 5.19. The van der Waals surface area contributed by atoms with Gasteiger partial charge < -0.3 is 19.7 Å². The van der Waals surface area contributed by atoms with Crippen LogP contribution >= 0.6 is 0 Å². The molecule has 0 radical (unpaired) electrons. The highest BCUT2D eigenvalue weighted by Crippen LogP contribution is 2.66. The summed E-state index contributed by atoms with van der Waals surface area (Å²) in [6.07, 6.45) is 3.12. The van der Waals surface area contributed by atoms with Crippen molar-refractivity contribution in [1.29, 1.82) is 0 Å². The van der Waals surface area contributed by atoms with Crippen molar-refractivity contribution < 1.29 is 19.7 Å². The normalized spacial score (nSPS) is 54.5. The molecule has 106 valence electrons. The number of allylic oxidation sites excluding steroid dienone is 1. The highest BCUT2D eigenvalue weighted by molar-refractivity contribution is 5.28. The van der Waals surface area contributed by atoms with Crippen LogP contribution in [0.25, 0.3) is 0 Å². The molecule has 4 aliphatic rings. The highest BCUT2D eigenvalue weighted by atomic mass is 16.7. The molecule has 19 heavy (non-hydrogen) atoms. The molecule has 1 spiro atoms. The van der Waals surface area contributed by atoms with Crippen LogP contribution in [-0.2, 0) is 9.47 Å². The molecule has 3 fully saturated rings. The monoisotopic (exact) mass is 266 g/mol. The Bertz CT molecular complexity index is 437. The van der Waals surface area contributed by atoms with Gasteiger partial charge in [0.05, 0.1) is 18.1 Å². The second-order valence-corrected chi connectivity index (χ2v) is 7.26. The van der Waals surface area contributed by atoms with Gasteiger partial charge in [-0.05, 0) is 36.2 Å². The molecule has 0 bridgehead atoms. The third-order valence-electron chi connectivity index (χ3n) is 6.12. The van der Waals surface area contributed by atoms with E-state index < -0.39 is 17.8 Å². The molecule has 4 heteroatoms. The molecule has 4 nitrogen and oxygen atoms in total. The number of hydrogen-bond donors (Lipinski definition) is 2. The predicted octanol–water partition coefficient (Wildman–Crippen LogP) is 1.42. The summed E-state index contributed by atoms with van der Waals surface area (Å²) in [6.45, 7) is 5.09. The van der Waals surface area contributed by atoms with E-state index >= 15 is 0 Å². The molecular formula is C15H22O4. The largest absolute Gasteiger partial charge is 0.392 e. The summed E-state index contributed by atoms with van der Waals surface area (Å²) < 4.78 is 11.3. The first-order chi connectivity index (χ1) is 8.98. The highest BCUT2D eigenvalue weighted by Gasteiger charge is 2.70. The fourth-order valence-electron chi connectivity index (χ4n) is 5.19. The van der Waals surface area contributed by atoms with Gasteiger partial charge in [0.25, 0.3) is 0 Å². The Hall–Kier alpha value is -0.420. The number of hydrogen-bond acceptors (Lipinski definition) is 4. The van der Waals surface area contributed by atoms with E-state index in [4.69, 9.17) is 9.47 Å². The SMILES string of the molecule is CC1(C)CC[C@H](O)[C@@]23[C@H](O)O[C@H]4OCC(=CC[C@@H]12)[C@H]43. The summed E-state index contributed by atoms with van der Waals surface area (Å²) in [4.78, 5) is 0. The van der Waals surface area contributed by atoms with Gasteiger partial charge in [-0.3, -0.25) is 0 Å². The minimum atomic E-state index is -0.911. The van der Waals surface area contributed by atoms with Gasteiger partial charge in [0.1, 0.15) is 0 Å². The maximum absolute atomic E-state index is 10.7. The maximum atomic E-state index is 10.7. The summed E-state index contributed by atoms with van der Waals surface area (Å²) in [5.41, 5.74) is 0.769. The molecule has 0 amide bonds. The Morgan fingerprint density at radius 1 is 1.32 bits per heavy atom. The Morgan fingerprint density at radius 2 is 2.11 bits per heavy atom. The summed E-state index contributed by atoms with van der Waals surface area (Å²) in [5.74, 6) is 0.287. The van der Waals surface area contributed by atoms with Crippen molar-refractivity contribution >= 4 is 0 Å². The van der Waals surface area contributed by atoms with Gasteiger partial charge in [0.2, 0.25) is 0 Å². The summed E-state index contributed by atoms with van der Waals surface area (Å²) in [7, 11) is 0. The van der Waals surface area contributed by atoms with Crippen molar-refractivity contribution in [2.24, 2.45) is 22.7 Å². The molecule has 6 atom stereocenters. The van der Waals surface area contributed by atoms with E-state index in [1.54, 1.807) is 0 Å². The van der Waals surface area contributed by atoms with E-state index in [1.807, 2.05) is 0 Å². The van der Waals surface area contributed by atoms with Gasteiger partial charge >= 0.3 is 0 Å². The molecule has 0 aromatic carbocycles. The van der Waals surface area contributed by atoms with Crippen molar-refractivity contribution in [2.45, 2.75) is 51.8 Å². The van der Waals surface area contributed by atoms with Crippen LogP contribution in [0.4, 0.5) is 0 Å². The Balaban J connectivity index is 1.90. The van der Waals surface area contributed by atoms with Gasteiger partial charge in [0, 0.05) is 5.92 Å². The topological polar surface area (TPSA) is 58.9 Å². The average molecular weight is 266 g/mol. The molecule has 2 aliphatic heterocycles. The molecule has 0 aromatic heterocycles. The zero-order valence-electron chi connectivity index (χ0n) is 11.5. The van der Waals surface area contributed by atoms with Crippen LogP contribution in [0, 0.1) is 22.7 Å². The molecule has 0 aromatic rings. The van der Waals surface area contributed by atoms with Gasteiger partial charge in [0.15, 0.2) is 12.6 Å². The molecule has 2 saturated heterocycles. The fraction of sp³-hybridized carbons (Fsp3) is 0.867. The van der Waals surface area contributed by atoms with Crippen LogP contribution in [0.5, 0.6) is 0 Å². The molecule has 1 saturated carbocycles. The van der Waals surface area contributed by atoms with Crippen LogP contribution in [-0.4, -0.2) is 35.5 Å².